The number of benzene rings is 1. The average Bonchev–Trinajstić information content (AvgIpc) is 2.43. The van der Waals surface area contributed by atoms with Gasteiger partial charge in [-0.15, -0.1) is 0 Å². The van der Waals surface area contributed by atoms with E-state index in [1.165, 1.54) is 13.0 Å². The van der Waals surface area contributed by atoms with Crippen LogP contribution in [-0.2, 0) is 14.3 Å². The van der Waals surface area contributed by atoms with Gasteiger partial charge in [0.2, 0.25) is 0 Å². The molecule has 0 radical (unpaired) electrons. The van der Waals surface area contributed by atoms with Gasteiger partial charge in [-0.1, -0.05) is 18.2 Å². The molecular weight excluding hydrogens is 282 g/mol. The fourth-order valence-corrected chi connectivity index (χ4v) is 1.70. The maximum absolute atomic E-state index is 11.8. The van der Waals surface area contributed by atoms with Gasteiger partial charge in [0.05, 0.1) is 7.11 Å². The Kier molecular flexibility index (Phi) is 6.16. The van der Waals surface area contributed by atoms with Crippen molar-refractivity contribution < 1.29 is 19.1 Å². The quantitative estimate of drug-likeness (QED) is 0.671. The van der Waals surface area contributed by atoms with E-state index in [4.69, 9.17) is 9.47 Å². The van der Waals surface area contributed by atoms with Gasteiger partial charge in [-0.3, -0.25) is 4.79 Å². The van der Waals surface area contributed by atoms with Gasteiger partial charge in [0.15, 0.2) is 6.10 Å². The van der Waals surface area contributed by atoms with Crippen LogP contribution in [-0.4, -0.2) is 30.6 Å². The Morgan fingerprint density at radius 3 is 2.45 bits per heavy atom. The van der Waals surface area contributed by atoms with E-state index in [-0.39, 0.29) is 11.4 Å². The summed E-state index contributed by atoms with van der Waals surface area (Å²) < 4.78 is 10.3. The number of ether oxygens (including phenoxy) is 2. The highest BCUT2D eigenvalue weighted by molar-refractivity contribution is 5.90. The van der Waals surface area contributed by atoms with Gasteiger partial charge in [-0.25, -0.2) is 4.79 Å². The highest BCUT2D eigenvalue weighted by Crippen LogP contribution is 2.18. The summed E-state index contributed by atoms with van der Waals surface area (Å²) in [6.07, 6.45) is 2.02. The Morgan fingerprint density at radius 1 is 1.23 bits per heavy atom. The Labute approximate surface area is 131 Å². The van der Waals surface area contributed by atoms with E-state index in [2.05, 4.69) is 5.32 Å². The van der Waals surface area contributed by atoms with Crippen LogP contribution in [0, 0.1) is 0 Å². The van der Waals surface area contributed by atoms with Crippen LogP contribution >= 0.6 is 0 Å². The van der Waals surface area contributed by atoms with Crippen molar-refractivity contribution in [1.82, 2.24) is 5.32 Å². The van der Waals surface area contributed by atoms with Crippen LogP contribution in [0.15, 0.2) is 30.3 Å². The standard InChI is InChI=1S/C17H23NO4/c1-12(16(20)18-17(2,3)4)22-15(19)11-10-13-8-6-7-9-14(13)21-5/h6-12H,1-5H3,(H,18,20)/b11-10+. The summed E-state index contributed by atoms with van der Waals surface area (Å²) in [4.78, 5) is 23.6. The molecule has 0 aromatic heterocycles. The Bertz CT molecular complexity index is 558. The van der Waals surface area contributed by atoms with Gasteiger partial charge in [0, 0.05) is 17.2 Å². The summed E-state index contributed by atoms with van der Waals surface area (Å²) in [5.41, 5.74) is 0.388. The van der Waals surface area contributed by atoms with Crippen LogP contribution in [0.25, 0.3) is 6.08 Å². The zero-order chi connectivity index (χ0) is 16.8. The van der Waals surface area contributed by atoms with E-state index < -0.39 is 12.1 Å². The number of para-hydroxylation sites is 1. The normalized spacial score (nSPS) is 12.8. The van der Waals surface area contributed by atoms with Crippen molar-refractivity contribution in [1.29, 1.82) is 0 Å². The molecule has 0 saturated carbocycles. The fraction of sp³-hybridized carbons (Fsp3) is 0.412. The van der Waals surface area contributed by atoms with Gasteiger partial charge in [-0.05, 0) is 39.8 Å². The van der Waals surface area contributed by atoms with Crippen LogP contribution in [0.4, 0.5) is 0 Å². The number of nitrogens with one attached hydrogen (secondary N) is 1. The van der Waals surface area contributed by atoms with Gasteiger partial charge in [0.25, 0.3) is 5.91 Å². The number of esters is 1. The average molecular weight is 305 g/mol. The summed E-state index contributed by atoms with van der Waals surface area (Å²) >= 11 is 0. The molecular formula is C17H23NO4. The fourth-order valence-electron chi connectivity index (χ4n) is 1.70. The number of carbonyl (C=O) groups excluding carboxylic acids is 2. The second-order valence-electron chi connectivity index (χ2n) is 5.89. The first-order valence-electron chi connectivity index (χ1n) is 7.06. The molecule has 0 aliphatic heterocycles. The Morgan fingerprint density at radius 2 is 1.86 bits per heavy atom. The summed E-state index contributed by atoms with van der Waals surface area (Å²) in [5, 5.41) is 2.76. The second-order valence-corrected chi connectivity index (χ2v) is 5.89. The minimum Gasteiger partial charge on any atom is -0.496 e. The zero-order valence-electron chi connectivity index (χ0n) is 13.7. The maximum Gasteiger partial charge on any atom is 0.331 e. The smallest absolute Gasteiger partial charge is 0.331 e. The van der Waals surface area contributed by atoms with E-state index >= 15 is 0 Å². The summed E-state index contributed by atoms with van der Waals surface area (Å²) in [6, 6.07) is 7.29. The number of hydrogen-bond donors (Lipinski definition) is 1. The van der Waals surface area contributed by atoms with Crippen LogP contribution in [0.1, 0.15) is 33.3 Å². The molecule has 1 amide bonds. The van der Waals surface area contributed by atoms with Crippen LogP contribution in [0.5, 0.6) is 5.75 Å². The highest BCUT2D eigenvalue weighted by Gasteiger charge is 2.21. The maximum atomic E-state index is 11.8. The molecule has 0 saturated heterocycles. The van der Waals surface area contributed by atoms with Crippen molar-refractivity contribution in [2.45, 2.75) is 39.3 Å². The summed E-state index contributed by atoms with van der Waals surface area (Å²) in [6.45, 7) is 7.12. The first kappa shape index (κ1) is 17.8. The van der Waals surface area contributed by atoms with Gasteiger partial charge >= 0.3 is 5.97 Å². The predicted octanol–water partition coefficient (Wildman–Crippen LogP) is 2.55. The van der Waals surface area contributed by atoms with E-state index in [1.54, 1.807) is 19.3 Å². The van der Waals surface area contributed by atoms with Crippen molar-refractivity contribution in [3.63, 3.8) is 0 Å². The van der Waals surface area contributed by atoms with E-state index in [1.807, 2.05) is 39.0 Å². The van der Waals surface area contributed by atoms with E-state index in [0.29, 0.717) is 5.75 Å². The van der Waals surface area contributed by atoms with Crippen LogP contribution in [0.3, 0.4) is 0 Å². The molecule has 5 nitrogen and oxygen atoms in total. The Balaban J connectivity index is 2.62. The third-order valence-electron chi connectivity index (χ3n) is 2.70. The lowest BCUT2D eigenvalue weighted by Crippen LogP contribution is -2.46. The van der Waals surface area contributed by atoms with E-state index in [9.17, 15) is 9.59 Å². The molecule has 120 valence electrons. The molecule has 0 aliphatic carbocycles. The molecule has 0 fully saturated rings. The Hall–Kier alpha value is -2.30. The van der Waals surface area contributed by atoms with Crippen molar-refractivity contribution >= 4 is 18.0 Å². The minimum atomic E-state index is -0.853. The zero-order valence-corrected chi connectivity index (χ0v) is 13.7. The van der Waals surface area contributed by atoms with Gasteiger partial charge in [0.1, 0.15) is 5.75 Å². The molecule has 1 atom stereocenters. The SMILES string of the molecule is COc1ccccc1/C=C/C(=O)OC(C)C(=O)NC(C)(C)C. The lowest BCUT2D eigenvalue weighted by Gasteiger charge is -2.22. The molecule has 1 aromatic rings. The van der Waals surface area contributed by atoms with Crippen molar-refractivity contribution in [3.8, 4) is 5.75 Å². The van der Waals surface area contributed by atoms with Crippen molar-refractivity contribution in [2.24, 2.45) is 0 Å². The molecule has 0 aliphatic rings. The second kappa shape index (κ2) is 7.64. The largest absolute Gasteiger partial charge is 0.496 e. The summed E-state index contributed by atoms with van der Waals surface area (Å²) in [7, 11) is 1.56. The molecule has 1 rings (SSSR count). The summed E-state index contributed by atoms with van der Waals surface area (Å²) in [5.74, 6) is -0.251. The highest BCUT2D eigenvalue weighted by atomic mass is 16.5. The lowest BCUT2D eigenvalue weighted by molar-refractivity contribution is -0.150. The molecule has 22 heavy (non-hydrogen) atoms. The molecule has 0 spiro atoms. The molecule has 1 aromatic carbocycles. The first-order chi connectivity index (χ1) is 10.2. The third-order valence-corrected chi connectivity index (χ3v) is 2.70. The topological polar surface area (TPSA) is 64.6 Å². The molecule has 0 heterocycles. The molecule has 0 bridgehead atoms. The third kappa shape index (κ3) is 5.99. The molecule has 1 unspecified atom stereocenters. The number of carbonyl (C=O) groups is 2. The number of rotatable bonds is 5. The number of amides is 1. The molecule has 1 N–H and O–H groups in total. The van der Waals surface area contributed by atoms with Gasteiger partial charge in [-0.2, -0.15) is 0 Å². The monoisotopic (exact) mass is 305 g/mol. The first-order valence-corrected chi connectivity index (χ1v) is 7.06. The van der Waals surface area contributed by atoms with Crippen LogP contribution in [0.2, 0.25) is 0 Å². The van der Waals surface area contributed by atoms with Crippen LogP contribution < -0.4 is 10.1 Å². The number of methoxy groups -OCH3 is 1. The van der Waals surface area contributed by atoms with Gasteiger partial charge < -0.3 is 14.8 Å². The van der Waals surface area contributed by atoms with Crippen molar-refractivity contribution in [3.05, 3.63) is 35.9 Å². The predicted molar refractivity (Wildman–Crippen MR) is 85.5 cm³/mol. The lowest BCUT2D eigenvalue weighted by atomic mass is 10.1. The van der Waals surface area contributed by atoms with Crippen molar-refractivity contribution in [2.75, 3.05) is 7.11 Å². The number of hydrogen-bond acceptors (Lipinski definition) is 4. The molecule has 5 heteroatoms. The minimum absolute atomic E-state index is 0.327. The van der Waals surface area contributed by atoms with E-state index in [0.717, 1.165) is 5.56 Å².